The van der Waals surface area contributed by atoms with E-state index in [4.69, 9.17) is 0 Å². The van der Waals surface area contributed by atoms with Crippen LogP contribution in [-0.4, -0.2) is 24.9 Å². The van der Waals surface area contributed by atoms with E-state index in [0.717, 1.165) is 10.1 Å². The summed E-state index contributed by atoms with van der Waals surface area (Å²) in [6.07, 6.45) is 3.31. The van der Waals surface area contributed by atoms with Gasteiger partial charge in [0.25, 0.3) is 5.56 Å². The maximum Gasteiger partial charge on any atom is 0.332 e. The summed E-state index contributed by atoms with van der Waals surface area (Å²) in [7, 11) is 3.02. The van der Waals surface area contributed by atoms with Crippen LogP contribution in [0.5, 0.6) is 0 Å². The van der Waals surface area contributed by atoms with E-state index >= 15 is 0 Å². The van der Waals surface area contributed by atoms with Crippen molar-refractivity contribution in [3.63, 3.8) is 0 Å². The lowest BCUT2D eigenvalue weighted by Crippen LogP contribution is -2.37. The highest BCUT2D eigenvalue weighted by Gasteiger charge is 2.18. The number of aromatic nitrogens is 4. The quantitative estimate of drug-likeness (QED) is 0.427. The molecular weight excluding hydrogens is 332 g/mol. The number of allylic oxidation sites excluding steroid dienone is 1. The number of aryl methyl sites for hydroxylation is 2. The van der Waals surface area contributed by atoms with Crippen LogP contribution in [-0.2, 0) is 20.6 Å². The Morgan fingerprint density at radius 1 is 1.19 bits per heavy atom. The summed E-state index contributed by atoms with van der Waals surface area (Å²) < 4.78 is 4.05. The highest BCUT2D eigenvalue weighted by atomic mass is 16.2. The molecule has 2 heterocycles. The van der Waals surface area contributed by atoms with E-state index in [9.17, 15) is 9.59 Å². The van der Waals surface area contributed by atoms with Crippen LogP contribution in [0.25, 0.3) is 11.2 Å². The van der Waals surface area contributed by atoms with Crippen LogP contribution in [0.4, 0.5) is 5.95 Å². The molecule has 0 bridgehead atoms. The van der Waals surface area contributed by atoms with Crippen molar-refractivity contribution in [3.8, 4) is 0 Å². The molecule has 8 nitrogen and oxygen atoms in total. The molecule has 134 valence electrons. The predicted molar refractivity (Wildman–Crippen MR) is 103 cm³/mol. The molecule has 26 heavy (non-hydrogen) atoms. The number of imidazole rings is 1. The second-order valence-corrected chi connectivity index (χ2v) is 5.99. The van der Waals surface area contributed by atoms with E-state index in [1.54, 1.807) is 23.9 Å². The van der Waals surface area contributed by atoms with Crippen LogP contribution in [0.2, 0.25) is 0 Å². The van der Waals surface area contributed by atoms with E-state index in [1.165, 1.54) is 17.2 Å². The molecule has 0 spiro atoms. The van der Waals surface area contributed by atoms with Gasteiger partial charge in [0.05, 0.1) is 6.21 Å². The number of fused-ring (bicyclic) bond motifs is 1. The van der Waals surface area contributed by atoms with Crippen molar-refractivity contribution in [2.24, 2.45) is 19.2 Å². The van der Waals surface area contributed by atoms with Crippen LogP contribution >= 0.6 is 0 Å². The third kappa shape index (κ3) is 2.97. The third-order valence-electron chi connectivity index (χ3n) is 4.12. The first-order valence-corrected chi connectivity index (χ1v) is 8.07. The van der Waals surface area contributed by atoms with Gasteiger partial charge in [-0.2, -0.15) is 10.1 Å². The molecule has 3 rings (SSSR count). The van der Waals surface area contributed by atoms with E-state index in [0.29, 0.717) is 23.7 Å². The minimum Gasteiger partial charge on any atom is -0.299 e. The summed E-state index contributed by atoms with van der Waals surface area (Å²) >= 11 is 0. The predicted octanol–water partition coefficient (Wildman–Crippen LogP) is 1.37. The Hall–Kier alpha value is -3.42. The van der Waals surface area contributed by atoms with Crippen molar-refractivity contribution in [3.05, 3.63) is 68.9 Å². The fourth-order valence-corrected chi connectivity index (χ4v) is 2.66. The minimum absolute atomic E-state index is 0.299. The maximum absolute atomic E-state index is 12.5. The average molecular weight is 352 g/mol. The zero-order chi connectivity index (χ0) is 18.8. The summed E-state index contributed by atoms with van der Waals surface area (Å²) in [5.41, 5.74) is 4.73. The topological polar surface area (TPSA) is 86.2 Å². The zero-order valence-corrected chi connectivity index (χ0v) is 14.9. The van der Waals surface area contributed by atoms with E-state index in [1.807, 2.05) is 31.2 Å². The van der Waals surface area contributed by atoms with Gasteiger partial charge in [0.15, 0.2) is 11.2 Å². The number of rotatable bonds is 5. The molecule has 0 aliphatic rings. The van der Waals surface area contributed by atoms with Gasteiger partial charge in [-0.15, -0.1) is 6.58 Å². The first-order valence-electron chi connectivity index (χ1n) is 8.07. The molecular formula is C18H20N6O2. The lowest BCUT2D eigenvalue weighted by molar-refractivity contribution is 0.703. The first kappa shape index (κ1) is 17.4. The number of hydrogen-bond donors (Lipinski definition) is 1. The molecule has 8 heteroatoms. The lowest BCUT2D eigenvalue weighted by atomic mass is 10.2. The normalized spacial score (nSPS) is 11.3. The lowest BCUT2D eigenvalue weighted by Gasteiger charge is -2.06. The van der Waals surface area contributed by atoms with Crippen LogP contribution < -0.4 is 16.7 Å². The Bertz CT molecular complexity index is 1120. The molecule has 0 atom stereocenters. The molecule has 0 amide bonds. The summed E-state index contributed by atoms with van der Waals surface area (Å²) in [6.45, 7) is 6.09. The molecule has 0 radical (unpaired) electrons. The second kappa shape index (κ2) is 6.83. The molecule has 2 aromatic heterocycles. The molecule has 0 unspecified atom stereocenters. The highest BCUT2D eigenvalue weighted by molar-refractivity contribution is 5.80. The average Bonchev–Trinajstić information content (AvgIpc) is 2.99. The van der Waals surface area contributed by atoms with Crippen molar-refractivity contribution in [2.75, 3.05) is 5.43 Å². The van der Waals surface area contributed by atoms with Gasteiger partial charge in [-0.1, -0.05) is 35.9 Å². The van der Waals surface area contributed by atoms with Crippen LogP contribution in [0.1, 0.15) is 11.1 Å². The Balaban J connectivity index is 2.06. The standard InChI is InChI=1S/C18H20N6O2/c1-5-10-24-14-15(22(3)18(26)23(4)16(14)25)20-17(24)21-19-11-13-8-6-12(2)7-9-13/h5-9,11H,1,10H2,2-4H3,(H,20,21). The smallest absolute Gasteiger partial charge is 0.299 e. The monoisotopic (exact) mass is 352 g/mol. The molecule has 3 aromatic rings. The molecule has 1 aromatic carbocycles. The van der Waals surface area contributed by atoms with Gasteiger partial charge in [-0.3, -0.25) is 18.5 Å². The van der Waals surface area contributed by atoms with E-state index < -0.39 is 11.2 Å². The van der Waals surface area contributed by atoms with Crippen molar-refractivity contribution >= 4 is 23.3 Å². The maximum atomic E-state index is 12.5. The first-order chi connectivity index (χ1) is 12.4. The molecule has 1 N–H and O–H groups in total. The molecule has 0 aliphatic carbocycles. The van der Waals surface area contributed by atoms with Gasteiger partial charge < -0.3 is 0 Å². The summed E-state index contributed by atoms with van der Waals surface area (Å²) in [6, 6.07) is 7.89. The Morgan fingerprint density at radius 2 is 1.88 bits per heavy atom. The van der Waals surface area contributed by atoms with Crippen molar-refractivity contribution in [1.82, 2.24) is 18.7 Å². The SMILES string of the molecule is C=CCn1c(NN=Cc2ccc(C)cc2)nc2c1c(=O)n(C)c(=O)n2C. The fraction of sp³-hybridized carbons (Fsp3) is 0.222. The largest absolute Gasteiger partial charge is 0.332 e. The van der Waals surface area contributed by atoms with Crippen molar-refractivity contribution in [2.45, 2.75) is 13.5 Å². The second-order valence-electron chi connectivity index (χ2n) is 5.99. The minimum atomic E-state index is -0.430. The van der Waals surface area contributed by atoms with Gasteiger partial charge >= 0.3 is 5.69 Å². The third-order valence-corrected chi connectivity index (χ3v) is 4.12. The number of nitrogens with zero attached hydrogens (tertiary/aromatic N) is 5. The Morgan fingerprint density at radius 3 is 2.54 bits per heavy atom. The summed E-state index contributed by atoms with van der Waals surface area (Å²) in [5.74, 6) is 0.363. The van der Waals surface area contributed by atoms with Crippen LogP contribution in [0, 0.1) is 6.92 Å². The van der Waals surface area contributed by atoms with Gasteiger partial charge in [-0.05, 0) is 12.5 Å². The summed E-state index contributed by atoms with van der Waals surface area (Å²) in [5, 5.41) is 4.20. The van der Waals surface area contributed by atoms with Crippen LogP contribution in [0.3, 0.4) is 0 Å². The van der Waals surface area contributed by atoms with E-state index in [-0.39, 0.29) is 0 Å². The number of hydrogen-bond acceptors (Lipinski definition) is 5. The van der Waals surface area contributed by atoms with E-state index in [2.05, 4.69) is 22.1 Å². The Kier molecular flexibility index (Phi) is 4.57. The van der Waals surface area contributed by atoms with Crippen molar-refractivity contribution < 1.29 is 0 Å². The fourth-order valence-electron chi connectivity index (χ4n) is 2.66. The van der Waals surface area contributed by atoms with Crippen LogP contribution in [0.15, 0.2) is 51.6 Å². The van der Waals surface area contributed by atoms with Gasteiger partial charge in [0.1, 0.15) is 0 Å². The highest BCUT2D eigenvalue weighted by Crippen LogP contribution is 2.15. The van der Waals surface area contributed by atoms with Gasteiger partial charge in [0, 0.05) is 20.6 Å². The number of anilines is 1. The zero-order valence-electron chi connectivity index (χ0n) is 14.9. The number of hydrazone groups is 1. The molecule has 0 aliphatic heterocycles. The molecule has 0 saturated heterocycles. The van der Waals surface area contributed by atoms with Crippen molar-refractivity contribution in [1.29, 1.82) is 0 Å². The number of benzene rings is 1. The van der Waals surface area contributed by atoms with Gasteiger partial charge in [0.2, 0.25) is 5.95 Å². The Labute approximate surface area is 149 Å². The number of nitrogens with one attached hydrogen (secondary N) is 1. The summed E-state index contributed by atoms with van der Waals surface area (Å²) in [4.78, 5) is 29.0. The molecule has 0 fully saturated rings. The van der Waals surface area contributed by atoms with Gasteiger partial charge in [-0.25, -0.2) is 10.2 Å². The molecule has 0 saturated carbocycles.